The molecule has 0 heterocycles. The van der Waals surface area contributed by atoms with E-state index < -0.39 is 0 Å². The number of carbonyl (C=O) groups excluding carboxylic acids is 1. The zero-order valence-electron chi connectivity index (χ0n) is 6.16. The monoisotopic (exact) mass is 218 g/mol. The summed E-state index contributed by atoms with van der Waals surface area (Å²) in [5.41, 5.74) is 0.964. The molecular formula is C8H7ClOS2. The van der Waals surface area contributed by atoms with E-state index >= 15 is 0 Å². The van der Waals surface area contributed by atoms with Crippen molar-refractivity contribution in [3.8, 4) is 0 Å². The number of halogens is 1. The third kappa shape index (κ3) is 3.09. The highest BCUT2D eigenvalue weighted by Crippen LogP contribution is 2.21. The van der Waals surface area contributed by atoms with Crippen LogP contribution in [0.5, 0.6) is 0 Å². The van der Waals surface area contributed by atoms with Gasteiger partial charge in [0, 0.05) is 10.8 Å². The van der Waals surface area contributed by atoms with E-state index in [9.17, 15) is 4.79 Å². The fraction of sp³-hybridized carbons (Fsp3) is 0.125. The van der Waals surface area contributed by atoms with Gasteiger partial charge in [-0.25, -0.2) is 0 Å². The van der Waals surface area contributed by atoms with Gasteiger partial charge in [-0.05, 0) is 11.6 Å². The Balaban J connectivity index is 2.63. The van der Waals surface area contributed by atoms with Crippen LogP contribution in [-0.2, 0) is 5.75 Å². The van der Waals surface area contributed by atoms with Crippen molar-refractivity contribution in [2.24, 2.45) is 0 Å². The number of thioether (sulfide) groups is 1. The molecule has 1 nitrogen and oxygen atoms in total. The van der Waals surface area contributed by atoms with Crippen LogP contribution in [0.1, 0.15) is 5.56 Å². The molecule has 0 fully saturated rings. The van der Waals surface area contributed by atoms with Gasteiger partial charge < -0.3 is 0 Å². The Hall–Kier alpha value is -0.120. The second-order valence-corrected chi connectivity index (χ2v) is 4.21. The highest BCUT2D eigenvalue weighted by atomic mass is 35.5. The summed E-state index contributed by atoms with van der Waals surface area (Å²) in [5.74, 6) is 0.585. The maximum Gasteiger partial charge on any atom is 0.243 e. The number of rotatable bonds is 2. The Kier molecular flexibility index (Phi) is 3.98. The second-order valence-electron chi connectivity index (χ2n) is 2.15. The highest BCUT2D eigenvalue weighted by molar-refractivity contribution is 8.31. The molecule has 1 aromatic rings. The first-order valence-corrected chi connectivity index (χ1v) is 5.10. The molecule has 0 N–H and O–H groups in total. The van der Waals surface area contributed by atoms with E-state index in [0.29, 0.717) is 10.8 Å². The summed E-state index contributed by atoms with van der Waals surface area (Å²) in [7, 11) is 0. The van der Waals surface area contributed by atoms with E-state index in [-0.39, 0.29) is 4.45 Å². The number of hydrogen-bond donors (Lipinski definition) is 1. The fourth-order valence-electron chi connectivity index (χ4n) is 0.755. The summed E-state index contributed by atoms with van der Waals surface area (Å²) in [6.45, 7) is 0. The van der Waals surface area contributed by atoms with Gasteiger partial charge in [-0.2, -0.15) is 0 Å². The van der Waals surface area contributed by atoms with E-state index in [1.807, 2.05) is 18.2 Å². The predicted octanol–water partition coefficient (Wildman–Crippen LogP) is 3.62. The third-order valence-corrected chi connectivity index (χ3v) is 2.77. The first-order chi connectivity index (χ1) is 5.70. The summed E-state index contributed by atoms with van der Waals surface area (Å²) in [4.78, 5) is 10.5. The Morgan fingerprint density at radius 1 is 1.50 bits per heavy atom. The zero-order valence-corrected chi connectivity index (χ0v) is 8.63. The molecule has 12 heavy (non-hydrogen) atoms. The van der Waals surface area contributed by atoms with Gasteiger partial charge in [-0.1, -0.05) is 54.2 Å². The molecule has 0 spiro atoms. The second kappa shape index (κ2) is 4.80. The molecule has 0 bridgehead atoms. The zero-order chi connectivity index (χ0) is 8.97. The largest absolute Gasteiger partial charge is 0.275 e. The Labute approximate surface area is 85.9 Å². The van der Waals surface area contributed by atoms with Crippen molar-refractivity contribution in [1.82, 2.24) is 0 Å². The standard InChI is InChI=1S/C8H7ClOS2/c9-7-4-2-1-3-6(7)5-12-8(10)11/h1-4H,5H2,(H,10,11). The van der Waals surface area contributed by atoms with Crippen molar-refractivity contribution in [3.63, 3.8) is 0 Å². The van der Waals surface area contributed by atoms with Gasteiger partial charge in [0.2, 0.25) is 4.45 Å². The summed E-state index contributed by atoms with van der Waals surface area (Å²) < 4.78 is -0.185. The van der Waals surface area contributed by atoms with E-state index in [2.05, 4.69) is 12.6 Å². The van der Waals surface area contributed by atoms with Crippen molar-refractivity contribution in [1.29, 1.82) is 0 Å². The number of benzene rings is 1. The molecule has 1 aromatic carbocycles. The molecular weight excluding hydrogens is 212 g/mol. The van der Waals surface area contributed by atoms with Crippen molar-refractivity contribution < 1.29 is 4.79 Å². The first-order valence-electron chi connectivity index (χ1n) is 3.29. The molecule has 0 saturated heterocycles. The van der Waals surface area contributed by atoms with E-state index in [1.54, 1.807) is 6.07 Å². The number of hydrogen-bond acceptors (Lipinski definition) is 2. The maximum atomic E-state index is 10.5. The number of thiol groups is 1. The van der Waals surface area contributed by atoms with Crippen LogP contribution in [-0.4, -0.2) is 4.45 Å². The SMILES string of the molecule is O=C(S)SCc1ccccc1Cl. The minimum absolute atomic E-state index is 0.185. The van der Waals surface area contributed by atoms with Crippen LogP contribution >= 0.6 is 36.0 Å². The summed E-state index contributed by atoms with van der Waals surface area (Å²) in [6, 6.07) is 7.45. The molecule has 0 aromatic heterocycles. The molecule has 0 unspecified atom stereocenters. The predicted molar refractivity (Wildman–Crippen MR) is 57.1 cm³/mol. The minimum atomic E-state index is -0.185. The van der Waals surface area contributed by atoms with Crippen LogP contribution in [0.2, 0.25) is 5.02 Å². The van der Waals surface area contributed by atoms with E-state index in [0.717, 1.165) is 17.3 Å². The lowest BCUT2D eigenvalue weighted by Crippen LogP contribution is -1.83. The van der Waals surface area contributed by atoms with Crippen molar-refractivity contribution in [2.75, 3.05) is 0 Å². The van der Waals surface area contributed by atoms with Gasteiger partial charge in [0.05, 0.1) is 0 Å². The van der Waals surface area contributed by atoms with Crippen molar-refractivity contribution in [2.45, 2.75) is 5.75 Å². The minimum Gasteiger partial charge on any atom is -0.275 e. The van der Waals surface area contributed by atoms with Crippen LogP contribution < -0.4 is 0 Å². The lowest BCUT2D eigenvalue weighted by Gasteiger charge is -1.99. The fourth-order valence-corrected chi connectivity index (χ4v) is 1.76. The third-order valence-electron chi connectivity index (χ3n) is 1.31. The van der Waals surface area contributed by atoms with E-state index in [1.165, 1.54) is 0 Å². The molecule has 0 radical (unpaired) electrons. The summed E-state index contributed by atoms with van der Waals surface area (Å²) >= 11 is 10.6. The average Bonchev–Trinajstić information content (AvgIpc) is 2.03. The smallest absolute Gasteiger partial charge is 0.243 e. The van der Waals surface area contributed by atoms with Gasteiger partial charge in [-0.3, -0.25) is 4.79 Å². The molecule has 0 aliphatic heterocycles. The Bertz CT molecular complexity index is 288. The molecule has 0 amide bonds. The lowest BCUT2D eigenvalue weighted by molar-refractivity contribution is 0.277. The molecule has 0 aliphatic rings. The Morgan fingerprint density at radius 2 is 2.17 bits per heavy atom. The van der Waals surface area contributed by atoms with E-state index in [4.69, 9.17) is 11.6 Å². The van der Waals surface area contributed by atoms with Crippen LogP contribution in [0, 0.1) is 0 Å². The topological polar surface area (TPSA) is 17.1 Å². The quantitative estimate of drug-likeness (QED) is 0.764. The van der Waals surface area contributed by atoms with Crippen LogP contribution in [0.3, 0.4) is 0 Å². The molecule has 0 atom stereocenters. The molecule has 4 heteroatoms. The van der Waals surface area contributed by atoms with Crippen LogP contribution in [0.25, 0.3) is 0 Å². The summed E-state index contributed by atoms with van der Waals surface area (Å²) in [5, 5.41) is 0.694. The number of carbonyl (C=O) groups is 1. The average molecular weight is 219 g/mol. The van der Waals surface area contributed by atoms with Gasteiger partial charge >= 0.3 is 0 Å². The van der Waals surface area contributed by atoms with Crippen LogP contribution in [0.15, 0.2) is 24.3 Å². The normalized spacial score (nSPS) is 9.83. The van der Waals surface area contributed by atoms with Crippen molar-refractivity contribution >= 4 is 40.4 Å². The first kappa shape index (κ1) is 9.96. The van der Waals surface area contributed by atoms with Gasteiger partial charge in [-0.15, -0.1) is 0 Å². The summed E-state index contributed by atoms with van der Waals surface area (Å²) in [6.07, 6.45) is 0. The maximum absolute atomic E-state index is 10.5. The van der Waals surface area contributed by atoms with Crippen LogP contribution in [0.4, 0.5) is 4.79 Å². The highest BCUT2D eigenvalue weighted by Gasteiger charge is 2.00. The van der Waals surface area contributed by atoms with Crippen molar-refractivity contribution in [3.05, 3.63) is 34.9 Å². The van der Waals surface area contributed by atoms with Gasteiger partial charge in [0.15, 0.2) is 0 Å². The van der Waals surface area contributed by atoms with Gasteiger partial charge in [0.25, 0.3) is 0 Å². The Morgan fingerprint density at radius 3 is 2.75 bits per heavy atom. The molecule has 0 aliphatic carbocycles. The van der Waals surface area contributed by atoms with Gasteiger partial charge in [0.1, 0.15) is 0 Å². The lowest BCUT2D eigenvalue weighted by atomic mass is 10.2. The molecule has 64 valence electrons. The molecule has 0 saturated carbocycles. The molecule has 1 rings (SSSR count).